The summed E-state index contributed by atoms with van der Waals surface area (Å²) < 4.78 is 74.0. The molecule has 35 heavy (non-hydrogen) atoms. The highest BCUT2D eigenvalue weighted by molar-refractivity contribution is 7.88. The smallest absolute Gasteiger partial charge is 0.480 e. The first-order valence-corrected chi connectivity index (χ1v) is 12.3. The number of fused-ring (bicyclic) bond motifs is 5. The van der Waals surface area contributed by atoms with Gasteiger partial charge in [0.15, 0.2) is 11.9 Å². The molecule has 5 nitrogen and oxygen atoms in total. The third kappa shape index (κ3) is 3.93. The largest absolute Gasteiger partial charge is 0.534 e. The van der Waals surface area contributed by atoms with Gasteiger partial charge in [0.1, 0.15) is 5.75 Å². The number of benzene rings is 3. The van der Waals surface area contributed by atoms with Crippen LogP contribution >= 0.6 is 0 Å². The molecule has 5 rings (SSSR count). The fourth-order valence-corrected chi connectivity index (χ4v) is 5.26. The van der Waals surface area contributed by atoms with Gasteiger partial charge in [-0.1, -0.05) is 48.5 Å². The number of anilines is 1. The highest BCUT2D eigenvalue weighted by Gasteiger charge is 2.49. The monoisotopic (exact) mass is 501 g/mol. The van der Waals surface area contributed by atoms with E-state index < -0.39 is 27.5 Å². The number of ether oxygens (including phenoxy) is 1. The van der Waals surface area contributed by atoms with E-state index in [1.54, 1.807) is 12.1 Å². The standard InChI is InChI=1S/C26H22F3NO4S/c1-15-14-25(2,3)30-18-13-12-17-22-19(10-7-11-20(22)34-35(31,32)26(27,28)29)33-24(23(17)21(15)18)16-8-5-4-6-9-16/h4-14,24,30H,1-3H3. The van der Waals surface area contributed by atoms with Crippen LogP contribution in [0.4, 0.5) is 18.9 Å². The van der Waals surface area contributed by atoms with Crippen LogP contribution in [-0.2, 0) is 10.1 Å². The average Bonchev–Trinajstić information content (AvgIpc) is 2.76. The Kier molecular flexibility index (Phi) is 5.17. The van der Waals surface area contributed by atoms with E-state index in [9.17, 15) is 21.6 Å². The van der Waals surface area contributed by atoms with E-state index in [2.05, 4.69) is 15.6 Å². The molecule has 1 unspecified atom stereocenters. The van der Waals surface area contributed by atoms with Crippen molar-refractivity contribution in [2.24, 2.45) is 0 Å². The summed E-state index contributed by atoms with van der Waals surface area (Å²) in [4.78, 5) is 0. The minimum absolute atomic E-state index is 0.155. The molecule has 0 saturated carbocycles. The minimum Gasteiger partial charge on any atom is -0.480 e. The topological polar surface area (TPSA) is 64.6 Å². The zero-order valence-electron chi connectivity index (χ0n) is 19.1. The second-order valence-corrected chi connectivity index (χ2v) is 10.7. The summed E-state index contributed by atoms with van der Waals surface area (Å²) in [6.07, 6.45) is 1.50. The van der Waals surface area contributed by atoms with Crippen LogP contribution in [0.3, 0.4) is 0 Å². The van der Waals surface area contributed by atoms with Crippen molar-refractivity contribution >= 4 is 21.4 Å². The molecule has 0 amide bonds. The maximum atomic E-state index is 13.1. The van der Waals surface area contributed by atoms with Crippen molar-refractivity contribution in [3.8, 4) is 22.6 Å². The summed E-state index contributed by atoms with van der Waals surface area (Å²) >= 11 is 0. The van der Waals surface area contributed by atoms with Crippen molar-refractivity contribution in [3.05, 3.63) is 83.4 Å². The summed E-state index contributed by atoms with van der Waals surface area (Å²) in [5.74, 6) is -0.217. The van der Waals surface area contributed by atoms with Crippen LogP contribution in [0.25, 0.3) is 16.7 Å². The predicted octanol–water partition coefficient (Wildman–Crippen LogP) is 6.67. The molecule has 0 aliphatic carbocycles. The van der Waals surface area contributed by atoms with Crippen LogP contribution in [0, 0.1) is 0 Å². The summed E-state index contributed by atoms with van der Waals surface area (Å²) in [6.45, 7) is 6.04. The number of halogens is 3. The predicted molar refractivity (Wildman–Crippen MR) is 128 cm³/mol. The van der Waals surface area contributed by atoms with Gasteiger partial charge >= 0.3 is 15.6 Å². The van der Waals surface area contributed by atoms with Crippen LogP contribution in [0.1, 0.15) is 43.6 Å². The lowest BCUT2D eigenvalue weighted by atomic mass is 9.80. The molecule has 2 heterocycles. The third-order valence-corrected chi connectivity index (χ3v) is 6.99. The van der Waals surface area contributed by atoms with E-state index >= 15 is 0 Å². The zero-order valence-corrected chi connectivity index (χ0v) is 19.9. The number of alkyl halides is 3. The van der Waals surface area contributed by atoms with Crippen molar-refractivity contribution in [2.75, 3.05) is 5.32 Å². The molecule has 2 aliphatic heterocycles. The normalized spacial score (nSPS) is 18.2. The Morgan fingerprint density at radius 2 is 1.69 bits per heavy atom. The number of rotatable bonds is 3. The van der Waals surface area contributed by atoms with Gasteiger partial charge in [-0.15, -0.1) is 0 Å². The van der Waals surface area contributed by atoms with Gasteiger partial charge in [0, 0.05) is 16.8 Å². The number of nitrogens with one attached hydrogen (secondary N) is 1. The Morgan fingerprint density at radius 1 is 0.971 bits per heavy atom. The maximum Gasteiger partial charge on any atom is 0.534 e. The first-order valence-electron chi connectivity index (χ1n) is 10.9. The van der Waals surface area contributed by atoms with Gasteiger partial charge in [-0.3, -0.25) is 0 Å². The molecule has 1 N–H and O–H groups in total. The van der Waals surface area contributed by atoms with Crippen molar-refractivity contribution in [2.45, 2.75) is 37.9 Å². The van der Waals surface area contributed by atoms with Crippen LogP contribution in [-0.4, -0.2) is 19.5 Å². The van der Waals surface area contributed by atoms with Crippen molar-refractivity contribution in [1.29, 1.82) is 0 Å². The van der Waals surface area contributed by atoms with Gasteiger partial charge in [0.2, 0.25) is 0 Å². The lowest BCUT2D eigenvalue weighted by Crippen LogP contribution is -2.32. The first-order chi connectivity index (χ1) is 16.4. The fourth-order valence-electron chi connectivity index (χ4n) is 4.79. The highest BCUT2D eigenvalue weighted by atomic mass is 32.2. The summed E-state index contributed by atoms with van der Waals surface area (Å²) in [6, 6.07) is 17.3. The minimum atomic E-state index is -5.88. The lowest BCUT2D eigenvalue weighted by Gasteiger charge is -2.37. The molecule has 3 aromatic rings. The Labute approximate surface area is 201 Å². The number of hydrogen-bond donors (Lipinski definition) is 1. The quantitative estimate of drug-likeness (QED) is 0.321. The van der Waals surface area contributed by atoms with Crippen molar-refractivity contribution < 1.29 is 30.5 Å². The molecule has 2 aliphatic rings. The van der Waals surface area contributed by atoms with Crippen LogP contribution in [0.5, 0.6) is 11.5 Å². The summed E-state index contributed by atoms with van der Waals surface area (Å²) in [5.41, 5.74) is -0.934. The average molecular weight is 502 g/mol. The molecule has 0 saturated heterocycles. The summed E-state index contributed by atoms with van der Waals surface area (Å²) in [5, 5.41) is 3.48. The molecule has 3 aromatic carbocycles. The Bertz CT molecular complexity index is 1460. The molecule has 0 aromatic heterocycles. The van der Waals surface area contributed by atoms with Crippen molar-refractivity contribution in [3.63, 3.8) is 0 Å². The first kappa shape index (κ1) is 23.3. The molecule has 9 heteroatoms. The van der Waals surface area contributed by atoms with E-state index in [0.717, 1.165) is 28.0 Å². The Morgan fingerprint density at radius 3 is 2.37 bits per heavy atom. The van der Waals surface area contributed by atoms with E-state index in [0.29, 0.717) is 5.56 Å². The highest BCUT2D eigenvalue weighted by Crippen LogP contribution is 2.53. The van der Waals surface area contributed by atoms with E-state index in [1.807, 2.05) is 57.2 Å². The van der Waals surface area contributed by atoms with Gasteiger partial charge in [-0.05, 0) is 55.7 Å². The second kappa shape index (κ2) is 7.78. The Hall–Kier alpha value is -3.46. The molecule has 0 fully saturated rings. The van der Waals surface area contributed by atoms with Crippen molar-refractivity contribution in [1.82, 2.24) is 0 Å². The van der Waals surface area contributed by atoms with Gasteiger partial charge in [0.25, 0.3) is 0 Å². The molecule has 0 bridgehead atoms. The molecule has 1 atom stereocenters. The van der Waals surface area contributed by atoms with Gasteiger partial charge < -0.3 is 14.2 Å². The van der Waals surface area contributed by atoms with E-state index in [1.165, 1.54) is 12.1 Å². The molecule has 0 radical (unpaired) electrons. The zero-order chi connectivity index (χ0) is 25.2. The van der Waals surface area contributed by atoms with Crippen LogP contribution in [0.15, 0.2) is 66.7 Å². The number of hydrogen-bond acceptors (Lipinski definition) is 5. The van der Waals surface area contributed by atoms with Crippen LogP contribution in [0.2, 0.25) is 0 Å². The molecular weight excluding hydrogens is 479 g/mol. The van der Waals surface area contributed by atoms with E-state index in [4.69, 9.17) is 4.74 Å². The maximum absolute atomic E-state index is 13.1. The second-order valence-electron chi connectivity index (χ2n) is 9.14. The summed E-state index contributed by atoms with van der Waals surface area (Å²) in [7, 11) is -5.88. The molecular formula is C26H22F3NO4S. The van der Waals surface area contributed by atoms with Gasteiger partial charge in [0.05, 0.1) is 11.1 Å². The lowest BCUT2D eigenvalue weighted by molar-refractivity contribution is -0.0500. The third-order valence-electron chi connectivity index (χ3n) is 6.02. The Balaban J connectivity index is 1.78. The van der Waals surface area contributed by atoms with E-state index in [-0.39, 0.29) is 16.9 Å². The molecule has 182 valence electrons. The number of allylic oxidation sites excluding steroid dienone is 1. The fraction of sp³-hybridized carbons (Fsp3) is 0.231. The SMILES string of the molecule is CC1=CC(C)(C)Nc2ccc3c(c21)C(c1ccccc1)Oc1cccc(OS(=O)(=O)C(F)(F)F)c1-3. The van der Waals surface area contributed by atoms with Gasteiger partial charge in [-0.2, -0.15) is 21.6 Å². The van der Waals surface area contributed by atoms with Crippen LogP contribution < -0.4 is 14.2 Å². The molecule has 0 spiro atoms. The van der Waals surface area contributed by atoms with Gasteiger partial charge in [-0.25, -0.2) is 0 Å².